The molecule has 11 nitrogen and oxygen atoms in total. The summed E-state index contributed by atoms with van der Waals surface area (Å²) in [5.41, 5.74) is -1.08. The molecular weight excluding hydrogens is 386 g/mol. The minimum atomic E-state index is -1.21. The number of aromatic hydroxyl groups is 1. The van der Waals surface area contributed by atoms with E-state index in [0.717, 1.165) is 11.2 Å². The Labute approximate surface area is 160 Å². The number of non-ortho nitro benzene ring substituents is 1. The number of hydrogen-bond donors (Lipinski definition) is 1. The lowest BCUT2D eigenvalue weighted by atomic mass is 10.2. The number of hydrogen-bond acceptors (Lipinski definition) is 8. The fourth-order valence-corrected chi connectivity index (χ4v) is 2.65. The molecule has 0 saturated heterocycles. The van der Waals surface area contributed by atoms with E-state index in [-0.39, 0.29) is 0 Å². The van der Waals surface area contributed by atoms with Crippen molar-refractivity contribution in [2.75, 3.05) is 0 Å². The zero-order valence-electron chi connectivity index (χ0n) is 14.4. The minimum Gasteiger partial charge on any atom is -0.497 e. The summed E-state index contributed by atoms with van der Waals surface area (Å²) in [5.74, 6) is -1.21. The molecule has 0 atom stereocenters. The zero-order valence-corrected chi connectivity index (χ0v) is 14.4. The summed E-state index contributed by atoms with van der Waals surface area (Å²) in [6, 6.07) is 17.1. The summed E-state index contributed by atoms with van der Waals surface area (Å²) in [6.45, 7) is 0. The fourth-order valence-electron chi connectivity index (χ4n) is 2.65. The summed E-state index contributed by atoms with van der Waals surface area (Å²) < 4.78 is 5.65. The lowest BCUT2D eigenvalue weighted by Gasteiger charge is -1.97. The van der Waals surface area contributed by atoms with Crippen LogP contribution in [0, 0.1) is 30.3 Å². The van der Waals surface area contributed by atoms with Crippen molar-refractivity contribution in [3.8, 4) is 5.75 Å². The molecule has 29 heavy (non-hydrogen) atoms. The van der Waals surface area contributed by atoms with Crippen molar-refractivity contribution in [3.63, 3.8) is 0 Å². The van der Waals surface area contributed by atoms with Gasteiger partial charge in [-0.05, 0) is 12.1 Å². The molecule has 4 rings (SSSR count). The van der Waals surface area contributed by atoms with Crippen molar-refractivity contribution in [2.45, 2.75) is 0 Å². The van der Waals surface area contributed by atoms with Gasteiger partial charge in [-0.1, -0.05) is 36.4 Å². The number of phenolic OH excluding ortho intramolecular Hbond substituents is 1. The van der Waals surface area contributed by atoms with Gasteiger partial charge >= 0.3 is 11.4 Å². The van der Waals surface area contributed by atoms with Gasteiger partial charge < -0.3 is 9.52 Å². The van der Waals surface area contributed by atoms with Gasteiger partial charge in [-0.2, -0.15) is 0 Å². The number of rotatable bonds is 3. The highest BCUT2D eigenvalue weighted by atomic mass is 16.6. The Kier molecular flexibility index (Phi) is 5.04. The molecule has 0 spiro atoms. The standard InChI is InChI=1S/C12H8O.C6H3N3O7/c1-3-7-11-9(5-1)10-6-2-4-8-12(10)13-11;10-6-4(8(13)14)1-3(7(11)12)2-5(6)9(15)16/h1-8H;1-2,10H. The van der Waals surface area contributed by atoms with Gasteiger partial charge in [0.05, 0.1) is 26.9 Å². The van der Waals surface area contributed by atoms with Crippen molar-refractivity contribution in [3.05, 3.63) is 91.0 Å². The molecule has 0 fully saturated rings. The van der Waals surface area contributed by atoms with Crippen LogP contribution < -0.4 is 0 Å². The van der Waals surface area contributed by atoms with Crippen LogP contribution in [0.25, 0.3) is 21.9 Å². The van der Waals surface area contributed by atoms with Crippen LogP contribution in [0.15, 0.2) is 65.1 Å². The Bertz CT molecular complexity index is 1180. The Hall–Kier alpha value is -4.54. The molecule has 0 aliphatic heterocycles. The summed E-state index contributed by atoms with van der Waals surface area (Å²) in [7, 11) is 0. The van der Waals surface area contributed by atoms with E-state index in [2.05, 4.69) is 12.1 Å². The summed E-state index contributed by atoms with van der Waals surface area (Å²) >= 11 is 0. The first-order valence-corrected chi connectivity index (χ1v) is 7.96. The van der Waals surface area contributed by atoms with Crippen LogP contribution in [0.4, 0.5) is 17.1 Å². The highest BCUT2D eigenvalue weighted by Crippen LogP contribution is 2.39. The third kappa shape index (κ3) is 3.78. The number of phenols is 1. The van der Waals surface area contributed by atoms with Crippen molar-refractivity contribution in [2.24, 2.45) is 0 Å². The molecule has 4 aromatic rings. The number of benzene rings is 3. The maximum atomic E-state index is 10.4. The van der Waals surface area contributed by atoms with Gasteiger partial charge in [0, 0.05) is 10.8 Å². The average Bonchev–Trinajstić information content (AvgIpc) is 3.06. The van der Waals surface area contributed by atoms with Crippen molar-refractivity contribution in [1.82, 2.24) is 0 Å². The number of nitro benzene ring substituents is 3. The van der Waals surface area contributed by atoms with E-state index in [1.165, 1.54) is 10.8 Å². The Morgan fingerprint density at radius 3 is 1.48 bits per heavy atom. The predicted molar refractivity (Wildman–Crippen MR) is 102 cm³/mol. The second kappa shape index (κ2) is 7.60. The molecule has 0 amide bonds. The van der Waals surface area contributed by atoms with E-state index in [4.69, 9.17) is 9.52 Å². The second-order valence-electron chi connectivity index (χ2n) is 5.70. The molecule has 1 aromatic heterocycles. The maximum absolute atomic E-state index is 10.4. The highest BCUT2D eigenvalue weighted by molar-refractivity contribution is 6.04. The monoisotopic (exact) mass is 397 g/mol. The van der Waals surface area contributed by atoms with Gasteiger partial charge in [-0.15, -0.1) is 0 Å². The van der Waals surface area contributed by atoms with E-state index in [0.29, 0.717) is 12.1 Å². The lowest BCUT2D eigenvalue weighted by molar-refractivity contribution is -0.404. The number of nitro groups is 3. The minimum absolute atomic E-state index is 0.447. The van der Waals surface area contributed by atoms with Crippen LogP contribution in [0.5, 0.6) is 5.75 Å². The molecule has 1 heterocycles. The van der Waals surface area contributed by atoms with Crippen LogP contribution in [-0.2, 0) is 0 Å². The van der Waals surface area contributed by atoms with E-state index < -0.39 is 37.6 Å². The highest BCUT2D eigenvalue weighted by Gasteiger charge is 2.30. The Morgan fingerprint density at radius 2 is 1.10 bits per heavy atom. The van der Waals surface area contributed by atoms with Crippen molar-refractivity contribution < 1.29 is 24.3 Å². The van der Waals surface area contributed by atoms with Crippen LogP contribution in [0.2, 0.25) is 0 Å². The first kappa shape index (κ1) is 19.2. The number of furan rings is 1. The first-order chi connectivity index (χ1) is 13.8. The largest absolute Gasteiger partial charge is 0.497 e. The topological polar surface area (TPSA) is 163 Å². The van der Waals surface area contributed by atoms with E-state index >= 15 is 0 Å². The summed E-state index contributed by atoms with van der Waals surface area (Å²) in [6.07, 6.45) is 0. The smallest absolute Gasteiger partial charge is 0.324 e. The molecule has 146 valence electrons. The average molecular weight is 397 g/mol. The SMILES string of the molecule is O=[N+]([O-])c1cc([N+](=O)[O-])c(O)c([N+](=O)[O-])c1.c1ccc2c(c1)oc1ccccc12. The number of nitrogens with zero attached hydrogens (tertiary/aromatic N) is 3. The van der Waals surface area contributed by atoms with Crippen LogP contribution in [0.1, 0.15) is 0 Å². The summed E-state index contributed by atoms with van der Waals surface area (Å²) in [5, 5.41) is 42.6. The van der Waals surface area contributed by atoms with Crippen LogP contribution >= 0.6 is 0 Å². The van der Waals surface area contributed by atoms with E-state index in [9.17, 15) is 30.3 Å². The Morgan fingerprint density at radius 1 is 0.690 bits per heavy atom. The molecule has 1 N–H and O–H groups in total. The van der Waals surface area contributed by atoms with Crippen molar-refractivity contribution in [1.29, 1.82) is 0 Å². The Balaban J connectivity index is 0.000000168. The molecule has 3 aromatic carbocycles. The van der Waals surface area contributed by atoms with Gasteiger partial charge in [0.1, 0.15) is 11.2 Å². The van der Waals surface area contributed by atoms with Gasteiger partial charge in [-0.25, -0.2) is 0 Å². The molecular formula is C18H11N3O8. The molecule has 11 heteroatoms. The molecule has 0 unspecified atom stereocenters. The third-order valence-electron chi connectivity index (χ3n) is 3.94. The molecule has 0 bridgehead atoms. The molecule has 0 radical (unpaired) electrons. The molecule has 0 saturated carbocycles. The normalized spacial score (nSPS) is 10.3. The number of para-hydroxylation sites is 2. The quantitative estimate of drug-likeness (QED) is 0.384. The second-order valence-corrected chi connectivity index (χ2v) is 5.70. The zero-order chi connectivity index (χ0) is 21.1. The maximum Gasteiger partial charge on any atom is 0.324 e. The third-order valence-corrected chi connectivity index (χ3v) is 3.94. The molecule has 0 aliphatic rings. The van der Waals surface area contributed by atoms with E-state index in [1.807, 2.05) is 36.4 Å². The van der Waals surface area contributed by atoms with Crippen molar-refractivity contribution >= 4 is 39.0 Å². The lowest BCUT2D eigenvalue weighted by Crippen LogP contribution is -1.97. The van der Waals surface area contributed by atoms with Gasteiger partial charge in [0.25, 0.3) is 11.4 Å². The fraction of sp³-hybridized carbons (Fsp3) is 0. The van der Waals surface area contributed by atoms with Gasteiger partial charge in [0.2, 0.25) is 0 Å². The molecule has 0 aliphatic carbocycles. The number of fused-ring (bicyclic) bond motifs is 3. The van der Waals surface area contributed by atoms with Gasteiger partial charge in [0.15, 0.2) is 0 Å². The predicted octanol–water partition coefficient (Wildman–Crippen LogP) is 4.70. The van der Waals surface area contributed by atoms with E-state index in [1.54, 1.807) is 0 Å². The summed E-state index contributed by atoms with van der Waals surface area (Å²) in [4.78, 5) is 27.8. The van der Waals surface area contributed by atoms with Gasteiger partial charge in [-0.3, -0.25) is 30.3 Å². The van der Waals surface area contributed by atoms with Crippen LogP contribution in [0.3, 0.4) is 0 Å². The van der Waals surface area contributed by atoms with Crippen LogP contribution in [-0.4, -0.2) is 19.9 Å². The first-order valence-electron chi connectivity index (χ1n) is 7.96.